The van der Waals surface area contributed by atoms with Crippen molar-refractivity contribution in [2.24, 2.45) is 5.92 Å². The summed E-state index contributed by atoms with van der Waals surface area (Å²) < 4.78 is 4.58. The number of hydrogen-bond acceptors (Lipinski definition) is 4. The average Bonchev–Trinajstić information content (AvgIpc) is 2.12. The van der Waals surface area contributed by atoms with Crippen LogP contribution in [0.5, 0.6) is 0 Å². The lowest BCUT2D eigenvalue weighted by atomic mass is 10.0. The van der Waals surface area contributed by atoms with Gasteiger partial charge in [-0.3, -0.25) is 5.32 Å². The molecule has 4 heteroatoms. The van der Waals surface area contributed by atoms with Crippen molar-refractivity contribution in [3.05, 3.63) is 0 Å². The third-order valence-electron chi connectivity index (χ3n) is 1.85. The van der Waals surface area contributed by atoms with E-state index in [4.69, 9.17) is 5.11 Å². The Balaban J connectivity index is 4.19. The highest BCUT2D eigenvalue weighted by Gasteiger charge is 2.33. The number of aliphatic hydroxyl groups excluding tert-OH is 1. The van der Waals surface area contributed by atoms with Gasteiger partial charge >= 0.3 is 5.97 Å². The number of carbonyl (C=O) groups excluding carboxylic acids is 1. The van der Waals surface area contributed by atoms with Crippen LogP contribution in [-0.2, 0) is 9.53 Å². The molecular formula is C9H19NO3. The van der Waals surface area contributed by atoms with Crippen molar-refractivity contribution in [2.75, 3.05) is 20.3 Å². The van der Waals surface area contributed by atoms with Crippen LogP contribution in [0.4, 0.5) is 0 Å². The molecule has 0 aromatic rings. The zero-order valence-corrected chi connectivity index (χ0v) is 8.76. The number of rotatable bonds is 5. The van der Waals surface area contributed by atoms with E-state index < -0.39 is 11.5 Å². The Morgan fingerprint density at radius 2 is 2.15 bits per heavy atom. The van der Waals surface area contributed by atoms with E-state index in [1.807, 2.05) is 13.8 Å². The van der Waals surface area contributed by atoms with Gasteiger partial charge in [0.1, 0.15) is 5.54 Å². The highest BCUT2D eigenvalue weighted by molar-refractivity contribution is 5.80. The molecule has 0 radical (unpaired) electrons. The highest BCUT2D eigenvalue weighted by atomic mass is 16.5. The minimum Gasteiger partial charge on any atom is -0.468 e. The van der Waals surface area contributed by atoms with Crippen LogP contribution in [-0.4, -0.2) is 36.9 Å². The molecule has 0 aromatic heterocycles. The van der Waals surface area contributed by atoms with Gasteiger partial charge in [-0.15, -0.1) is 0 Å². The van der Waals surface area contributed by atoms with Gasteiger partial charge in [-0.25, -0.2) is 4.79 Å². The van der Waals surface area contributed by atoms with Gasteiger partial charge in [0.25, 0.3) is 0 Å². The number of carbonyl (C=O) groups is 1. The third kappa shape index (κ3) is 3.74. The average molecular weight is 189 g/mol. The molecule has 0 aliphatic carbocycles. The molecule has 0 unspecified atom stereocenters. The third-order valence-corrected chi connectivity index (χ3v) is 1.85. The fourth-order valence-electron chi connectivity index (χ4n) is 0.847. The van der Waals surface area contributed by atoms with Crippen LogP contribution in [0.15, 0.2) is 0 Å². The lowest BCUT2D eigenvalue weighted by molar-refractivity contribution is -0.149. The quantitative estimate of drug-likeness (QED) is 0.605. The van der Waals surface area contributed by atoms with Crippen LogP contribution >= 0.6 is 0 Å². The van der Waals surface area contributed by atoms with Crippen LogP contribution in [0.2, 0.25) is 0 Å². The Bertz CT molecular complexity index is 170. The molecule has 13 heavy (non-hydrogen) atoms. The maximum absolute atomic E-state index is 11.2. The summed E-state index contributed by atoms with van der Waals surface area (Å²) in [5.74, 6) is -0.00817. The van der Waals surface area contributed by atoms with Crippen molar-refractivity contribution < 1.29 is 14.6 Å². The van der Waals surface area contributed by atoms with E-state index in [-0.39, 0.29) is 6.61 Å². The Hall–Kier alpha value is -0.610. The van der Waals surface area contributed by atoms with Crippen molar-refractivity contribution in [2.45, 2.75) is 26.3 Å². The second-order valence-corrected chi connectivity index (χ2v) is 3.76. The van der Waals surface area contributed by atoms with E-state index in [1.165, 1.54) is 7.11 Å². The van der Waals surface area contributed by atoms with Crippen molar-refractivity contribution >= 4 is 5.97 Å². The Morgan fingerprint density at radius 1 is 1.62 bits per heavy atom. The molecule has 0 bridgehead atoms. The maximum atomic E-state index is 11.2. The second kappa shape index (κ2) is 5.19. The molecule has 0 aliphatic rings. The van der Waals surface area contributed by atoms with E-state index >= 15 is 0 Å². The van der Waals surface area contributed by atoms with Gasteiger partial charge in [-0.2, -0.15) is 0 Å². The first-order valence-electron chi connectivity index (χ1n) is 4.40. The molecule has 0 saturated carbocycles. The van der Waals surface area contributed by atoms with E-state index in [0.29, 0.717) is 12.5 Å². The molecule has 0 amide bonds. The van der Waals surface area contributed by atoms with Crippen molar-refractivity contribution in [1.29, 1.82) is 0 Å². The maximum Gasteiger partial charge on any atom is 0.328 e. The van der Waals surface area contributed by atoms with E-state index in [9.17, 15) is 4.79 Å². The summed E-state index contributed by atoms with van der Waals surface area (Å²) in [5.41, 5.74) is -0.973. The predicted molar refractivity (Wildman–Crippen MR) is 50.3 cm³/mol. The summed E-state index contributed by atoms with van der Waals surface area (Å²) in [6.45, 7) is 6.10. The van der Waals surface area contributed by atoms with Crippen LogP contribution in [0, 0.1) is 5.92 Å². The van der Waals surface area contributed by atoms with Crippen LogP contribution in [0.1, 0.15) is 20.8 Å². The van der Waals surface area contributed by atoms with Crippen molar-refractivity contribution in [3.63, 3.8) is 0 Å². The van der Waals surface area contributed by atoms with Gasteiger partial charge in [0.15, 0.2) is 0 Å². The molecule has 0 aromatic carbocycles. The first-order chi connectivity index (χ1) is 5.96. The zero-order chi connectivity index (χ0) is 10.5. The number of hydrogen-bond donors (Lipinski definition) is 2. The fourth-order valence-corrected chi connectivity index (χ4v) is 0.847. The number of aliphatic hydroxyl groups is 1. The lowest BCUT2D eigenvalue weighted by Crippen LogP contribution is -2.54. The largest absolute Gasteiger partial charge is 0.468 e. The minimum absolute atomic E-state index is 0.258. The molecule has 0 heterocycles. The SMILES string of the molecule is COC(=O)[C@](C)(CO)NCC(C)C. The zero-order valence-electron chi connectivity index (χ0n) is 8.76. The molecule has 4 nitrogen and oxygen atoms in total. The van der Waals surface area contributed by atoms with Gasteiger partial charge in [-0.1, -0.05) is 13.8 Å². The Labute approximate surface area is 79.3 Å². The number of esters is 1. The first kappa shape index (κ1) is 12.4. The van der Waals surface area contributed by atoms with E-state index in [1.54, 1.807) is 6.92 Å². The summed E-state index contributed by atoms with van der Waals surface area (Å²) >= 11 is 0. The van der Waals surface area contributed by atoms with Crippen LogP contribution < -0.4 is 5.32 Å². The molecule has 0 spiro atoms. The summed E-state index contributed by atoms with van der Waals surface area (Å²) in [6.07, 6.45) is 0. The monoisotopic (exact) mass is 189 g/mol. The number of ether oxygens (including phenoxy) is 1. The lowest BCUT2D eigenvalue weighted by Gasteiger charge is -2.26. The normalized spacial score (nSPS) is 15.5. The Morgan fingerprint density at radius 3 is 2.46 bits per heavy atom. The predicted octanol–water partition coefficient (Wildman–Crippen LogP) is 0.156. The van der Waals surface area contributed by atoms with Crippen LogP contribution in [0.25, 0.3) is 0 Å². The fraction of sp³-hybridized carbons (Fsp3) is 0.889. The van der Waals surface area contributed by atoms with Gasteiger partial charge < -0.3 is 9.84 Å². The molecule has 78 valence electrons. The molecule has 0 rings (SSSR count). The molecule has 1 atom stereocenters. The summed E-state index contributed by atoms with van der Waals surface area (Å²) in [6, 6.07) is 0. The molecule has 0 saturated heterocycles. The Kier molecular flexibility index (Phi) is 4.95. The second-order valence-electron chi connectivity index (χ2n) is 3.76. The van der Waals surface area contributed by atoms with Crippen LogP contribution in [0.3, 0.4) is 0 Å². The molecule has 0 aliphatic heterocycles. The van der Waals surface area contributed by atoms with E-state index in [0.717, 1.165) is 0 Å². The number of nitrogens with one attached hydrogen (secondary N) is 1. The van der Waals surface area contributed by atoms with E-state index in [2.05, 4.69) is 10.1 Å². The smallest absolute Gasteiger partial charge is 0.328 e. The summed E-state index contributed by atoms with van der Waals surface area (Å²) in [7, 11) is 1.31. The number of methoxy groups -OCH3 is 1. The standard InChI is InChI=1S/C9H19NO3/c1-7(2)5-10-9(3,6-11)8(12)13-4/h7,10-11H,5-6H2,1-4H3/t9-/m0/s1. The molecular weight excluding hydrogens is 170 g/mol. The summed E-state index contributed by atoms with van der Waals surface area (Å²) in [4.78, 5) is 11.2. The van der Waals surface area contributed by atoms with Gasteiger partial charge in [0.2, 0.25) is 0 Å². The minimum atomic E-state index is -0.973. The van der Waals surface area contributed by atoms with Crippen molar-refractivity contribution in [1.82, 2.24) is 5.32 Å². The summed E-state index contributed by atoms with van der Waals surface area (Å²) in [5, 5.41) is 12.0. The van der Waals surface area contributed by atoms with Crippen molar-refractivity contribution in [3.8, 4) is 0 Å². The van der Waals surface area contributed by atoms with Gasteiger partial charge in [0, 0.05) is 0 Å². The topological polar surface area (TPSA) is 58.6 Å². The van der Waals surface area contributed by atoms with Gasteiger partial charge in [-0.05, 0) is 19.4 Å². The highest BCUT2D eigenvalue weighted by Crippen LogP contribution is 2.05. The molecule has 0 fully saturated rings. The first-order valence-corrected chi connectivity index (χ1v) is 4.40. The van der Waals surface area contributed by atoms with Gasteiger partial charge in [0.05, 0.1) is 13.7 Å². The molecule has 2 N–H and O–H groups in total.